The minimum Gasteiger partial charge on any atom is -0.388 e. The molecule has 2 rings (SSSR count). The molecule has 22 heavy (non-hydrogen) atoms. The fourth-order valence-corrected chi connectivity index (χ4v) is 3.46. The number of hydrogen-bond donors (Lipinski definition) is 3. The van der Waals surface area contributed by atoms with Gasteiger partial charge < -0.3 is 19.5 Å². The van der Waals surface area contributed by atoms with Crippen LogP contribution in [0, 0.1) is 0 Å². The minimum absolute atomic E-state index is 0.139. The summed E-state index contributed by atoms with van der Waals surface area (Å²) >= 11 is 0. The van der Waals surface area contributed by atoms with Gasteiger partial charge in [-0.25, -0.2) is 4.79 Å². The van der Waals surface area contributed by atoms with Crippen molar-refractivity contribution < 1.29 is 14.9 Å². The molecule has 2 heterocycles. The molecule has 124 valence electrons. The lowest BCUT2D eigenvalue weighted by atomic mass is 10.0. The highest BCUT2D eigenvalue weighted by Gasteiger charge is 2.44. The summed E-state index contributed by atoms with van der Waals surface area (Å²) in [7, 11) is 1.49. The molecule has 1 aromatic heterocycles. The lowest BCUT2D eigenvalue weighted by Crippen LogP contribution is -2.35. The van der Waals surface area contributed by atoms with Crippen molar-refractivity contribution in [2.45, 2.75) is 30.8 Å². The molecular formula is C14H23N2O5P. The molecule has 0 aliphatic carbocycles. The molecule has 8 heteroatoms. The van der Waals surface area contributed by atoms with Gasteiger partial charge in [-0.05, 0) is 25.9 Å². The summed E-state index contributed by atoms with van der Waals surface area (Å²) in [5.74, 6) is 0. The van der Waals surface area contributed by atoms with Gasteiger partial charge in [0.05, 0.1) is 11.7 Å². The standard InChI is InChI=1S/C14H23N2O5P/c1-16-7-8(13(19)15-14(16)20)12-11(18)10(17)9(21-12)5-6-22(2,3)4/h7,9-12,17-18H,2,5-6H2,1,3-4H3,(H,15,19,20)/t9-,10-,11-,12+/m1/s1. The van der Waals surface area contributed by atoms with E-state index in [1.807, 2.05) is 0 Å². The molecule has 1 aromatic rings. The number of H-pyrrole nitrogens is 1. The SMILES string of the molecule is C=P(C)(C)CC[C@H]1O[C@@H](c2cn(C)c(=O)[nH]c2=O)[C@H](O)[C@@H]1O. The van der Waals surface area contributed by atoms with Crippen molar-refractivity contribution in [2.24, 2.45) is 7.05 Å². The van der Waals surface area contributed by atoms with Crippen LogP contribution in [0.15, 0.2) is 15.8 Å². The van der Waals surface area contributed by atoms with Crippen molar-refractivity contribution >= 4 is 13.2 Å². The third-order valence-corrected chi connectivity index (χ3v) is 5.29. The molecule has 0 saturated carbocycles. The Morgan fingerprint density at radius 1 is 1.36 bits per heavy atom. The Balaban J connectivity index is 2.23. The van der Waals surface area contributed by atoms with E-state index in [1.54, 1.807) is 0 Å². The molecule has 3 N–H and O–H groups in total. The van der Waals surface area contributed by atoms with Gasteiger partial charge in [0.2, 0.25) is 0 Å². The Bertz CT molecular complexity index is 704. The predicted octanol–water partition coefficient (Wildman–Crippen LogP) is -0.665. The van der Waals surface area contributed by atoms with Gasteiger partial charge in [-0.15, -0.1) is 13.2 Å². The van der Waals surface area contributed by atoms with Gasteiger partial charge in [-0.3, -0.25) is 9.78 Å². The van der Waals surface area contributed by atoms with Crippen LogP contribution in [-0.2, 0) is 11.8 Å². The Morgan fingerprint density at radius 3 is 2.59 bits per heavy atom. The topological polar surface area (TPSA) is 105 Å². The van der Waals surface area contributed by atoms with Crippen LogP contribution in [0.5, 0.6) is 0 Å². The summed E-state index contributed by atoms with van der Waals surface area (Å²) < 4.78 is 6.90. The Kier molecular flexibility index (Phi) is 4.82. The van der Waals surface area contributed by atoms with Crippen LogP contribution in [0.1, 0.15) is 18.1 Å². The van der Waals surface area contributed by atoms with E-state index in [9.17, 15) is 19.8 Å². The quantitative estimate of drug-likeness (QED) is 0.636. The third-order valence-electron chi connectivity index (χ3n) is 3.82. The molecule has 0 unspecified atom stereocenters. The van der Waals surface area contributed by atoms with Crippen molar-refractivity contribution in [3.8, 4) is 0 Å². The summed E-state index contributed by atoms with van der Waals surface area (Å²) in [4.78, 5) is 25.5. The monoisotopic (exact) mass is 330 g/mol. The van der Waals surface area contributed by atoms with E-state index in [0.717, 1.165) is 6.16 Å². The molecule has 1 aliphatic rings. The Morgan fingerprint density at radius 2 is 2.00 bits per heavy atom. The lowest BCUT2D eigenvalue weighted by molar-refractivity contribution is 0.00498. The fourth-order valence-electron chi connectivity index (χ4n) is 2.51. The Labute approximate surface area is 128 Å². The maximum atomic E-state index is 11.9. The van der Waals surface area contributed by atoms with Crippen LogP contribution in [-0.4, -0.2) is 63.9 Å². The van der Waals surface area contributed by atoms with E-state index < -0.39 is 42.6 Å². The van der Waals surface area contributed by atoms with Gasteiger partial charge in [-0.1, -0.05) is 0 Å². The van der Waals surface area contributed by atoms with E-state index in [1.165, 1.54) is 17.8 Å². The number of nitrogens with zero attached hydrogens (tertiary/aromatic N) is 1. The molecule has 0 spiro atoms. The molecule has 0 radical (unpaired) electrons. The first kappa shape index (κ1) is 17.2. The highest BCUT2D eigenvalue weighted by molar-refractivity contribution is 7.72. The second kappa shape index (κ2) is 6.16. The van der Waals surface area contributed by atoms with Crippen molar-refractivity contribution in [3.63, 3.8) is 0 Å². The number of rotatable bonds is 4. The number of aliphatic hydroxyl groups excluding tert-OH is 2. The normalized spacial score (nSPS) is 29.0. The Hall–Kier alpha value is -1.14. The second-order valence-electron chi connectivity index (χ2n) is 6.48. The zero-order valence-electron chi connectivity index (χ0n) is 13.0. The average Bonchev–Trinajstić information content (AvgIpc) is 2.68. The maximum absolute atomic E-state index is 11.9. The summed E-state index contributed by atoms with van der Waals surface area (Å²) in [6.07, 6.45) is 3.08. The van der Waals surface area contributed by atoms with Gasteiger partial charge in [0, 0.05) is 13.2 Å². The number of ether oxygens (including phenoxy) is 1. The first-order chi connectivity index (χ1) is 10.1. The van der Waals surface area contributed by atoms with Crippen molar-refractivity contribution in [1.29, 1.82) is 0 Å². The summed E-state index contributed by atoms with van der Waals surface area (Å²) in [5.41, 5.74) is -1.01. The van der Waals surface area contributed by atoms with Crippen LogP contribution >= 0.6 is 6.89 Å². The molecular weight excluding hydrogens is 307 g/mol. The van der Waals surface area contributed by atoms with Gasteiger partial charge in [0.25, 0.3) is 5.56 Å². The van der Waals surface area contributed by atoms with E-state index in [2.05, 4.69) is 24.6 Å². The molecule has 1 aliphatic heterocycles. The van der Waals surface area contributed by atoms with Crippen molar-refractivity contribution in [3.05, 3.63) is 32.6 Å². The second-order valence-corrected chi connectivity index (χ2v) is 10.8. The first-order valence-electron chi connectivity index (χ1n) is 7.09. The molecule has 0 aromatic carbocycles. The van der Waals surface area contributed by atoms with Crippen LogP contribution in [0.2, 0.25) is 0 Å². The van der Waals surface area contributed by atoms with Gasteiger partial charge >= 0.3 is 5.69 Å². The number of hydrogen-bond acceptors (Lipinski definition) is 5. The highest BCUT2D eigenvalue weighted by Crippen LogP contribution is 2.40. The molecule has 4 atom stereocenters. The van der Waals surface area contributed by atoms with Gasteiger partial charge in [0.1, 0.15) is 18.3 Å². The fraction of sp³-hybridized carbons (Fsp3) is 0.643. The van der Waals surface area contributed by atoms with E-state index in [-0.39, 0.29) is 5.56 Å². The van der Waals surface area contributed by atoms with Crippen LogP contribution in [0.4, 0.5) is 0 Å². The molecule has 0 bridgehead atoms. The zero-order valence-corrected chi connectivity index (χ0v) is 13.9. The molecule has 7 nitrogen and oxygen atoms in total. The molecule has 1 saturated heterocycles. The van der Waals surface area contributed by atoms with Crippen LogP contribution in [0.3, 0.4) is 0 Å². The predicted molar refractivity (Wildman–Crippen MR) is 87.3 cm³/mol. The number of nitrogens with one attached hydrogen (secondary N) is 1. The number of aryl methyl sites for hydroxylation is 1. The van der Waals surface area contributed by atoms with Crippen LogP contribution < -0.4 is 11.2 Å². The summed E-state index contributed by atoms with van der Waals surface area (Å²) in [5, 5.41) is 20.3. The lowest BCUT2D eigenvalue weighted by Gasteiger charge is -2.18. The van der Waals surface area contributed by atoms with E-state index in [0.29, 0.717) is 6.42 Å². The number of aliphatic hydroxyl groups is 2. The largest absolute Gasteiger partial charge is 0.388 e. The van der Waals surface area contributed by atoms with E-state index in [4.69, 9.17) is 4.74 Å². The van der Waals surface area contributed by atoms with Crippen molar-refractivity contribution in [2.75, 3.05) is 19.5 Å². The first-order valence-corrected chi connectivity index (χ1v) is 10.1. The smallest absolute Gasteiger partial charge is 0.328 e. The number of aromatic nitrogens is 2. The minimum atomic E-state index is -1.27. The van der Waals surface area contributed by atoms with E-state index >= 15 is 0 Å². The maximum Gasteiger partial charge on any atom is 0.328 e. The highest BCUT2D eigenvalue weighted by atomic mass is 31.2. The van der Waals surface area contributed by atoms with Crippen molar-refractivity contribution in [1.82, 2.24) is 9.55 Å². The molecule has 0 amide bonds. The number of aromatic amines is 1. The van der Waals surface area contributed by atoms with Gasteiger partial charge in [-0.2, -0.15) is 0 Å². The third kappa shape index (κ3) is 3.60. The average molecular weight is 330 g/mol. The zero-order chi connectivity index (χ0) is 16.7. The van der Waals surface area contributed by atoms with Crippen LogP contribution in [0.25, 0.3) is 0 Å². The summed E-state index contributed by atoms with van der Waals surface area (Å²) in [6, 6.07) is 0. The molecule has 1 fully saturated rings. The summed E-state index contributed by atoms with van der Waals surface area (Å²) in [6.45, 7) is 2.90. The van der Waals surface area contributed by atoms with Gasteiger partial charge in [0.15, 0.2) is 0 Å².